The van der Waals surface area contributed by atoms with Crippen LogP contribution in [-0.2, 0) is 11.3 Å². The molecule has 2 aromatic carbocycles. The number of hydrogen-bond donors (Lipinski definition) is 0. The van der Waals surface area contributed by atoms with Gasteiger partial charge in [0.1, 0.15) is 5.75 Å². The number of halogens is 1. The van der Waals surface area contributed by atoms with Gasteiger partial charge in [-0.3, -0.25) is 4.79 Å². The van der Waals surface area contributed by atoms with E-state index in [0.717, 1.165) is 19.4 Å². The van der Waals surface area contributed by atoms with Crippen LogP contribution in [0.4, 0.5) is 0 Å². The summed E-state index contributed by atoms with van der Waals surface area (Å²) in [6, 6.07) is 17.9. The fourth-order valence-corrected chi connectivity index (χ4v) is 3.81. The first-order valence-electron chi connectivity index (χ1n) is 7.21. The highest BCUT2D eigenvalue weighted by molar-refractivity contribution is 9.11. The predicted molar refractivity (Wildman–Crippen MR) is 97.9 cm³/mol. The molecule has 0 aliphatic heterocycles. The van der Waals surface area contributed by atoms with Gasteiger partial charge in [0.2, 0.25) is 0 Å². The van der Waals surface area contributed by atoms with E-state index in [0.29, 0.717) is 12.3 Å². The number of nitrogens with zero attached hydrogens (tertiary/aromatic N) is 1. The van der Waals surface area contributed by atoms with Crippen molar-refractivity contribution in [3.8, 4) is 5.75 Å². The fourth-order valence-electron chi connectivity index (χ4n) is 2.27. The van der Waals surface area contributed by atoms with Crippen molar-refractivity contribution in [1.29, 1.82) is 0 Å². The Kier molecular flexibility index (Phi) is 4.98. The molecule has 3 nitrogen and oxygen atoms in total. The van der Waals surface area contributed by atoms with Crippen molar-refractivity contribution in [2.45, 2.75) is 6.54 Å². The Bertz CT molecular complexity index is 831. The van der Waals surface area contributed by atoms with Gasteiger partial charge >= 0.3 is 0 Å². The van der Waals surface area contributed by atoms with Gasteiger partial charge in [0.15, 0.2) is 6.61 Å². The van der Waals surface area contributed by atoms with Crippen molar-refractivity contribution in [2.75, 3.05) is 13.7 Å². The summed E-state index contributed by atoms with van der Waals surface area (Å²) < 4.78 is 6.71. The molecule has 118 valence electrons. The first-order chi connectivity index (χ1) is 11.1. The number of thiophene rings is 1. The Morgan fingerprint density at radius 3 is 2.65 bits per heavy atom. The predicted octanol–water partition coefficient (Wildman–Crippen LogP) is 4.70. The molecule has 5 heteroatoms. The molecule has 0 saturated heterocycles. The van der Waals surface area contributed by atoms with Crippen LogP contribution in [0.3, 0.4) is 0 Å². The fraction of sp³-hybridized carbons (Fsp3) is 0.167. The smallest absolute Gasteiger partial charge is 0.260 e. The quantitative estimate of drug-likeness (QED) is 0.632. The number of carbonyl (C=O) groups is 1. The lowest BCUT2D eigenvalue weighted by Gasteiger charge is -2.16. The minimum absolute atomic E-state index is 0.0392. The monoisotopic (exact) mass is 389 g/mol. The molecular weight excluding hydrogens is 374 g/mol. The van der Waals surface area contributed by atoms with E-state index in [1.165, 1.54) is 0 Å². The van der Waals surface area contributed by atoms with Gasteiger partial charge in [-0.2, -0.15) is 0 Å². The summed E-state index contributed by atoms with van der Waals surface area (Å²) in [5.41, 5.74) is 0. The van der Waals surface area contributed by atoms with Crippen molar-refractivity contribution < 1.29 is 9.53 Å². The van der Waals surface area contributed by atoms with Crippen LogP contribution in [0, 0.1) is 0 Å². The average Bonchev–Trinajstić information content (AvgIpc) is 2.97. The maximum absolute atomic E-state index is 12.2. The minimum atomic E-state index is -0.0392. The van der Waals surface area contributed by atoms with E-state index < -0.39 is 0 Å². The molecule has 0 bridgehead atoms. The molecule has 0 N–H and O–H groups in total. The van der Waals surface area contributed by atoms with Crippen molar-refractivity contribution in [3.63, 3.8) is 0 Å². The second-order valence-corrected chi connectivity index (χ2v) is 7.80. The molecule has 0 fully saturated rings. The van der Waals surface area contributed by atoms with Crippen LogP contribution in [0.2, 0.25) is 0 Å². The molecule has 0 saturated carbocycles. The zero-order valence-corrected chi connectivity index (χ0v) is 15.1. The van der Waals surface area contributed by atoms with Gasteiger partial charge in [0.05, 0.1) is 10.3 Å². The molecule has 0 aliphatic carbocycles. The van der Waals surface area contributed by atoms with Crippen LogP contribution in [0.5, 0.6) is 5.75 Å². The van der Waals surface area contributed by atoms with Gasteiger partial charge in [-0.1, -0.05) is 30.3 Å². The van der Waals surface area contributed by atoms with E-state index in [-0.39, 0.29) is 12.5 Å². The molecule has 23 heavy (non-hydrogen) atoms. The zero-order chi connectivity index (χ0) is 16.2. The molecule has 0 unspecified atom stereocenters. The van der Waals surface area contributed by atoms with Gasteiger partial charge in [0, 0.05) is 11.9 Å². The summed E-state index contributed by atoms with van der Waals surface area (Å²) in [6.45, 7) is 0.636. The normalized spacial score (nSPS) is 10.7. The van der Waals surface area contributed by atoms with Crippen LogP contribution in [0.1, 0.15) is 4.88 Å². The molecule has 1 heterocycles. The van der Waals surface area contributed by atoms with Crippen molar-refractivity contribution >= 4 is 43.9 Å². The van der Waals surface area contributed by atoms with Crippen LogP contribution in [-0.4, -0.2) is 24.5 Å². The third-order valence-electron chi connectivity index (χ3n) is 3.53. The highest BCUT2D eigenvalue weighted by Crippen LogP contribution is 2.23. The molecule has 0 spiro atoms. The van der Waals surface area contributed by atoms with E-state index in [9.17, 15) is 4.79 Å². The van der Waals surface area contributed by atoms with E-state index in [1.54, 1.807) is 23.3 Å². The summed E-state index contributed by atoms with van der Waals surface area (Å²) in [7, 11) is 1.79. The number of ether oxygens (including phenoxy) is 1. The lowest BCUT2D eigenvalue weighted by Crippen LogP contribution is -2.30. The first kappa shape index (κ1) is 16.0. The number of amides is 1. The Hall–Kier alpha value is -1.85. The Morgan fingerprint density at radius 1 is 1.13 bits per heavy atom. The lowest BCUT2D eigenvalue weighted by atomic mass is 10.1. The molecule has 1 amide bonds. The van der Waals surface area contributed by atoms with E-state index >= 15 is 0 Å². The van der Waals surface area contributed by atoms with Crippen LogP contribution in [0.25, 0.3) is 10.8 Å². The van der Waals surface area contributed by atoms with E-state index in [2.05, 4.69) is 22.0 Å². The van der Waals surface area contributed by atoms with Gasteiger partial charge in [-0.05, 0) is 51.0 Å². The molecule has 0 atom stereocenters. The number of fused-ring (bicyclic) bond motifs is 1. The van der Waals surface area contributed by atoms with Gasteiger partial charge < -0.3 is 9.64 Å². The molecule has 3 rings (SSSR count). The standard InChI is InChI=1S/C18H16BrNO2S/c1-20(11-16-8-9-17(19)23-16)18(21)12-22-15-7-6-13-4-2-3-5-14(13)10-15/h2-10H,11-12H2,1H3. The topological polar surface area (TPSA) is 29.5 Å². The third-order valence-corrected chi connectivity index (χ3v) is 5.14. The maximum atomic E-state index is 12.2. The van der Waals surface area contributed by atoms with Crippen molar-refractivity contribution in [1.82, 2.24) is 4.90 Å². The second-order valence-electron chi connectivity index (χ2n) is 5.25. The Morgan fingerprint density at radius 2 is 1.91 bits per heavy atom. The number of hydrogen-bond acceptors (Lipinski definition) is 3. The summed E-state index contributed by atoms with van der Waals surface area (Å²) in [5, 5.41) is 2.26. The van der Waals surface area contributed by atoms with Gasteiger partial charge in [-0.25, -0.2) is 0 Å². The van der Waals surface area contributed by atoms with Gasteiger partial charge in [0.25, 0.3) is 5.91 Å². The summed E-state index contributed by atoms with van der Waals surface area (Å²) in [4.78, 5) is 15.0. The van der Waals surface area contributed by atoms with E-state index in [4.69, 9.17) is 4.74 Å². The summed E-state index contributed by atoms with van der Waals surface area (Å²) in [6.07, 6.45) is 0. The van der Waals surface area contributed by atoms with Crippen LogP contribution in [0.15, 0.2) is 58.4 Å². The largest absolute Gasteiger partial charge is 0.484 e. The summed E-state index contributed by atoms with van der Waals surface area (Å²) in [5.74, 6) is 0.673. The number of carbonyl (C=O) groups excluding carboxylic acids is 1. The molecule has 3 aromatic rings. The number of benzene rings is 2. The SMILES string of the molecule is CN(Cc1ccc(Br)s1)C(=O)COc1ccc2ccccc2c1. The molecule has 1 aromatic heterocycles. The van der Waals surface area contributed by atoms with Gasteiger partial charge in [-0.15, -0.1) is 11.3 Å². The number of rotatable bonds is 5. The Labute approximate surface area is 147 Å². The second kappa shape index (κ2) is 7.15. The molecule has 0 aliphatic rings. The highest BCUT2D eigenvalue weighted by Gasteiger charge is 2.11. The Balaban J connectivity index is 1.58. The van der Waals surface area contributed by atoms with Crippen molar-refractivity contribution in [3.05, 3.63) is 63.3 Å². The highest BCUT2D eigenvalue weighted by atomic mass is 79.9. The van der Waals surface area contributed by atoms with Crippen LogP contribution < -0.4 is 4.74 Å². The zero-order valence-electron chi connectivity index (χ0n) is 12.7. The van der Waals surface area contributed by atoms with Crippen LogP contribution >= 0.6 is 27.3 Å². The first-order valence-corrected chi connectivity index (χ1v) is 8.82. The average molecular weight is 390 g/mol. The third kappa shape index (κ3) is 4.12. The van der Waals surface area contributed by atoms with E-state index in [1.807, 2.05) is 48.5 Å². The minimum Gasteiger partial charge on any atom is -0.484 e. The lowest BCUT2D eigenvalue weighted by molar-refractivity contribution is -0.132. The maximum Gasteiger partial charge on any atom is 0.260 e. The summed E-state index contributed by atoms with van der Waals surface area (Å²) >= 11 is 5.06. The number of likely N-dealkylation sites (N-methyl/N-ethyl adjacent to an activating group) is 1. The van der Waals surface area contributed by atoms with Crippen molar-refractivity contribution in [2.24, 2.45) is 0 Å². The molecular formula is C18H16BrNO2S. The molecule has 0 radical (unpaired) electrons.